The molecule has 0 spiro atoms. The average molecular weight is 245 g/mol. The number of β-amino-alcohol motifs (C(OH)–C–C–N with tert-alkyl or cyclic N) is 1. The zero-order chi connectivity index (χ0) is 12.9. The van der Waals surface area contributed by atoms with Crippen LogP contribution in [0.2, 0.25) is 0 Å². The second-order valence-electron chi connectivity index (χ2n) is 4.77. The fourth-order valence-electron chi connectivity index (χ4n) is 2.43. The first-order valence-electron chi connectivity index (χ1n) is 5.98. The van der Waals surface area contributed by atoms with Gasteiger partial charge in [-0.3, -0.25) is 9.48 Å². The Morgan fingerprint density at radius 3 is 2.89 bits per heavy atom. The van der Waals surface area contributed by atoms with Gasteiger partial charge in [0.05, 0.1) is 24.6 Å². The Kier molecular flexibility index (Phi) is 2.38. The molecule has 0 saturated carbocycles. The molecule has 3 rings (SSSR count). The van der Waals surface area contributed by atoms with Crippen molar-refractivity contribution in [3.05, 3.63) is 23.9 Å². The molecule has 1 unspecified atom stereocenters. The van der Waals surface area contributed by atoms with Gasteiger partial charge in [-0.2, -0.15) is 5.10 Å². The summed E-state index contributed by atoms with van der Waals surface area (Å²) >= 11 is 0. The Morgan fingerprint density at radius 2 is 2.22 bits per heavy atom. The topological polar surface area (TPSA) is 58.4 Å². The summed E-state index contributed by atoms with van der Waals surface area (Å²) in [6.45, 7) is 2.38. The highest BCUT2D eigenvalue weighted by Gasteiger charge is 2.29. The van der Waals surface area contributed by atoms with Crippen LogP contribution in [0.25, 0.3) is 10.9 Å². The van der Waals surface area contributed by atoms with Crippen LogP contribution < -0.4 is 4.90 Å². The van der Waals surface area contributed by atoms with E-state index < -0.39 is 6.10 Å². The van der Waals surface area contributed by atoms with Gasteiger partial charge in [0.2, 0.25) is 5.91 Å². The van der Waals surface area contributed by atoms with Crippen LogP contribution in [0, 0.1) is 6.92 Å². The molecule has 94 valence electrons. The van der Waals surface area contributed by atoms with Crippen LogP contribution in [0.5, 0.6) is 0 Å². The highest BCUT2D eigenvalue weighted by atomic mass is 16.3. The van der Waals surface area contributed by atoms with Crippen molar-refractivity contribution in [1.29, 1.82) is 0 Å². The van der Waals surface area contributed by atoms with Gasteiger partial charge in [-0.25, -0.2) is 0 Å². The number of aromatic nitrogens is 2. The largest absolute Gasteiger partial charge is 0.391 e. The molecule has 5 heteroatoms. The summed E-state index contributed by atoms with van der Waals surface area (Å²) in [5, 5.41) is 15.0. The van der Waals surface area contributed by atoms with E-state index in [9.17, 15) is 9.90 Å². The Morgan fingerprint density at radius 1 is 1.44 bits per heavy atom. The van der Waals surface area contributed by atoms with Crippen molar-refractivity contribution < 1.29 is 9.90 Å². The molecule has 1 amide bonds. The minimum Gasteiger partial charge on any atom is -0.391 e. The van der Waals surface area contributed by atoms with Crippen molar-refractivity contribution in [3.8, 4) is 0 Å². The Labute approximate surface area is 105 Å². The van der Waals surface area contributed by atoms with Crippen molar-refractivity contribution in [2.24, 2.45) is 7.05 Å². The lowest BCUT2D eigenvalue weighted by Gasteiger charge is -2.15. The van der Waals surface area contributed by atoms with Crippen LogP contribution in [0.1, 0.15) is 12.1 Å². The number of carbonyl (C=O) groups is 1. The van der Waals surface area contributed by atoms with E-state index >= 15 is 0 Å². The van der Waals surface area contributed by atoms with Crippen LogP contribution in [-0.2, 0) is 11.8 Å². The molecule has 0 aliphatic carbocycles. The monoisotopic (exact) mass is 245 g/mol. The summed E-state index contributed by atoms with van der Waals surface area (Å²) in [4.78, 5) is 13.4. The van der Waals surface area contributed by atoms with Gasteiger partial charge in [-0.15, -0.1) is 0 Å². The maximum absolute atomic E-state index is 11.7. The van der Waals surface area contributed by atoms with Gasteiger partial charge in [0, 0.05) is 23.8 Å². The number of anilines is 1. The van der Waals surface area contributed by atoms with E-state index in [0.717, 1.165) is 22.3 Å². The molecule has 1 atom stereocenters. The smallest absolute Gasteiger partial charge is 0.229 e. The standard InChI is InChI=1S/C13H15N3O2/c1-8-11-4-3-9(5-12(11)14-15(8)2)16-7-10(17)6-13(16)18/h3-5,10,17H,6-7H2,1-2H3. The second kappa shape index (κ2) is 3.81. The van der Waals surface area contributed by atoms with Crippen molar-refractivity contribution in [2.45, 2.75) is 19.4 Å². The molecule has 1 saturated heterocycles. The van der Waals surface area contributed by atoms with E-state index in [-0.39, 0.29) is 12.3 Å². The predicted molar refractivity (Wildman–Crippen MR) is 68.4 cm³/mol. The fraction of sp³-hybridized carbons (Fsp3) is 0.385. The molecule has 1 aliphatic heterocycles. The van der Waals surface area contributed by atoms with Crippen LogP contribution in [0.15, 0.2) is 18.2 Å². The summed E-state index contributed by atoms with van der Waals surface area (Å²) < 4.78 is 1.83. The van der Waals surface area contributed by atoms with Crippen LogP contribution >= 0.6 is 0 Å². The minimum absolute atomic E-state index is 0.0329. The summed E-state index contributed by atoms with van der Waals surface area (Å²) in [5.74, 6) is -0.0329. The highest BCUT2D eigenvalue weighted by Crippen LogP contribution is 2.26. The van der Waals surface area contributed by atoms with Crippen LogP contribution in [0.3, 0.4) is 0 Å². The minimum atomic E-state index is -0.557. The third kappa shape index (κ3) is 1.59. The summed E-state index contributed by atoms with van der Waals surface area (Å²) in [5.41, 5.74) is 2.79. The third-order valence-electron chi connectivity index (χ3n) is 3.53. The Bertz CT molecular complexity index is 632. The van der Waals surface area contributed by atoms with Crippen molar-refractivity contribution >= 4 is 22.5 Å². The van der Waals surface area contributed by atoms with Crippen LogP contribution in [0.4, 0.5) is 5.69 Å². The lowest BCUT2D eigenvalue weighted by Crippen LogP contribution is -2.25. The molecule has 1 aliphatic rings. The molecule has 2 heterocycles. The number of hydrogen-bond donors (Lipinski definition) is 1. The van der Waals surface area contributed by atoms with Crippen molar-refractivity contribution in [3.63, 3.8) is 0 Å². The zero-order valence-electron chi connectivity index (χ0n) is 10.4. The second-order valence-corrected chi connectivity index (χ2v) is 4.77. The molecular formula is C13H15N3O2. The predicted octanol–water partition coefficient (Wildman–Crippen LogP) is 0.979. The maximum Gasteiger partial charge on any atom is 0.229 e. The SMILES string of the molecule is Cc1c2ccc(N3CC(O)CC3=O)cc2nn1C. The van der Waals surface area contributed by atoms with Gasteiger partial charge in [0.15, 0.2) is 0 Å². The lowest BCUT2D eigenvalue weighted by molar-refractivity contribution is -0.117. The summed E-state index contributed by atoms with van der Waals surface area (Å²) in [6.07, 6.45) is -0.349. The van der Waals surface area contributed by atoms with Gasteiger partial charge in [-0.05, 0) is 25.1 Å². The van der Waals surface area contributed by atoms with Gasteiger partial charge in [0.25, 0.3) is 0 Å². The number of fused-ring (bicyclic) bond motifs is 1. The third-order valence-corrected chi connectivity index (χ3v) is 3.53. The molecule has 1 aromatic heterocycles. The molecule has 0 radical (unpaired) electrons. The molecule has 1 fully saturated rings. The fourth-order valence-corrected chi connectivity index (χ4v) is 2.43. The van der Waals surface area contributed by atoms with E-state index in [4.69, 9.17) is 0 Å². The summed E-state index contributed by atoms with van der Waals surface area (Å²) in [6, 6.07) is 5.79. The first kappa shape index (κ1) is 11.2. The Hall–Kier alpha value is -1.88. The average Bonchev–Trinajstić information content (AvgIpc) is 2.80. The first-order chi connectivity index (χ1) is 8.56. The van der Waals surface area contributed by atoms with Crippen molar-refractivity contribution in [1.82, 2.24) is 9.78 Å². The Balaban J connectivity index is 2.06. The van der Waals surface area contributed by atoms with E-state index in [1.807, 2.05) is 36.9 Å². The molecule has 1 aromatic carbocycles. The van der Waals surface area contributed by atoms with E-state index in [1.54, 1.807) is 4.90 Å². The van der Waals surface area contributed by atoms with Gasteiger partial charge in [0.1, 0.15) is 0 Å². The van der Waals surface area contributed by atoms with E-state index in [2.05, 4.69) is 5.10 Å². The number of aliphatic hydroxyl groups is 1. The zero-order valence-corrected chi connectivity index (χ0v) is 10.4. The number of aryl methyl sites for hydroxylation is 2. The van der Waals surface area contributed by atoms with E-state index in [1.165, 1.54) is 0 Å². The molecular weight excluding hydrogens is 230 g/mol. The van der Waals surface area contributed by atoms with Gasteiger partial charge >= 0.3 is 0 Å². The highest BCUT2D eigenvalue weighted by molar-refractivity contribution is 5.98. The van der Waals surface area contributed by atoms with Gasteiger partial charge in [-0.1, -0.05) is 0 Å². The number of hydrogen-bond acceptors (Lipinski definition) is 3. The van der Waals surface area contributed by atoms with Crippen molar-refractivity contribution in [2.75, 3.05) is 11.4 Å². The molecule has 1 N–H and O–H groups in total. The lowest BCUT2D eigenvalue weighted by atomic mass is 10.2. The number of benzene rings is 1. The quantitative estimate of drug-likeness (QED) is 0.814. The van der Waals surface area contributed by atoms with Crippen LogP contribution in [-0.4, -0.2) is 33.4 Å². The normalized spacial score (nSPS) is 20.1. The molecule has 5 nitrogen and oxygen atoms in total. The van der Waals surface area contributed by atoms with Gasteiger partial charge < -0.3 is 10.0 Å². The number of amides is 1. The maximum atomic E-state index is 11.7. The number of aliphatic hydroxyl groups excluding tert-OH is 1. The molecule has 18 heavy (non-hydrogen) atoms. The molecule has 2 aromatic rings. The summed E-state index contributed by atoms with van der Waals surface area (Å²) in [7, 11) is 1.90. The number of nitrogens with zero attached hydrogens (tertiary/aromatic N) is 3. The number of carbonyl (C=O) groups excluding carboxylic acids is 1. The first-order valence-corrected chi connectivity index (χ1v) is 5.98. The number of rotatable bonds is 1. The van der Waals surface area contributed by atoms with E-state index in [0.29, 0.717) is 6.54 Å². The molecule has 0 bridgehead atoms.